The molecule has 0 radical (unpaired) electrons. The van der Waals surface area contributed by atoms with Crippen molar-refractivity contribution < 1.29 is 14.7 Å². The fraction of sp³-hybridized carbons (Fsp3) is 0.519. The molecule has 2 N–H and O–H groups in total. The summed E-state index contributed by atoms with van der Waals surface area (Å²) in [5, 5.41) is 13.2. The Hall–Kier alpha value is -2.89. The Bertz CT molecular complexity index is 1060. The number of carboxylic acids is 1. The van der Waals surface area contributed by atoms with Gasteiger partial charge >= 0.3 is 5.97 Å². The number of nitrogens with one attached hydrogen (secondary N) is 1. The van der Waals surface area contributed by atoms with Crippen LogP contribution in [0.25, 0.3) is 11.3 Å². The first-order valence-corrected chi connectivity index (χ1v) is 11.8. The van der Waals surface area contributed by atoms with E-state index in [4.69, 9.17) is 0 Å². The Balaban J connectivity index is 2.12. The molecule has 1 aliphatic carbocycles. The first-order chi connectivity index (χ1) is 15.5. The minimum atomic E-state index is -1.06. The topological polar surface area (TPSA) is 88.4 Å². The van der Waals surface area contributed by atoms with Crippen LogP contribution in [0.4, 0.5) is 0 Å². The molecule has 0 saturated heterocycles. The van der Waals surface area contributed by atoms with Crippen molar-refractivity contribution in [1.29, 1.82) is 0 Å². The minimum absolute atomic E-state index is 0.100. The van der Waals surface area contributed by atoms with Crippen LogP contribution in [0.3, 0.4) is 0 Å². The van der Waals surface area contributed by atoms with Crippen LogP contribution in [-0.4, -0.2) is 27.6 Å². The molecule has 33 heavy (non-hydrogen) atoms. The molecule has 0 bridgehead atoms. The monoisotopic (exact) mass is 452 g/mol. The fourth-order valence-electron chi connectivity index (χ4n) is 4.75. The fourth-order valence-corrected chi connectivity index (χ4v) is 4.75. The highest BCUT2D eigenvalue weighted by Gasteiger charge is 2.31. The quantitative estimate of drug-likeness (QED) is 0.631. The van der Waals surface area contributed by atoms with Crippen LogP contribution < -0.4 is 10.9 Å². The molecule has 1 atom stereocenters. The number of aromatic nitrogens is 1. The molecular formula is C27H36N2O4. The van der Waals surface area contributed by atoms with Gasteiger partial charge in [-0.05, 0) is 61.5 Å². The largest absolute Gasteiger partial charge is 0.480 e. The van der Waals surface area contributed by atoms with Gasteiger partial charge in [0.25, 0.3) is 11.5 Å². The van der Waals surface area contributed by atoms with Crippen molar-refractivity contribution >= 4 is 11.9 Å². The molecule has 1 saturated carbocycles. The molecule has 2 aromatic rings. The molecule has 6 heteroatoms. The van der Waals surface area contributed by atoms with E-state index in [1.165, 1.54) is 10.6 Å². The molecule has 1 aliphatic rings. The van der Waals surface area contributed by atoms with Gasteiger partial charge in [-0.25, -0.2) is 4.79 Å². The van der Waals surface area contributed by atoms with E-state index in [0.717, 1.165) is 25.7 Å². The number of aliphatic carboxylic acids is 1. The Morgan fingerprint density at radius 1 is 1.12 bits per heavy atom. The number of carbonyl (C=O) groups excluding carboxylic acids is 1. The molecule has 0 spiro atoms. The van der Waals surface area contributed by atoms with E-state index in [-0.39, 0.29) is 23.8 Å². The van der Waals surface area contributed by atoms with E-state index in [1.807, 2.05) is 51.1 Å². The van der Waals surface area contributed by atoms with E-state index in [1.54, 1.807) is 6.92 Å². The average molecular weight is 453 g/mol. The van der Waals surface area contributed by atoms with Crippen molar-refractivity contribution in [3.05, 3.63) is 57.9 Å². The molecule has 1 fully saturated rings. The number of hydrogen-bond acceptors (Lipinski definition) is 3. The summed E-state index contributed by atoms with van der Waals surface area (Å²) >= 11 is 0. The molecule has 6 nitrogen and oxygen atoms in total. The maximum atomic E-state index is 13.4. The van der Waals surface area contributed by atoms with Gasteiger partial charge in [0.05, 0.1) is 5.69 Å². The van der Waals surface area contributed by atoms with Crippen LogP contribution >= 0.6 is 0 Å². The summed E-state index contributed by atoms with van der Waals surface area (Å²) in [6, 6.07) is 9.62. The zero-order valence-electron chi connectivity index (χ0n) is 20.4. The Morgan fingerprint density at radius 3 is 2.27 bits per heavy atom. The van der Waals surface area contributed by atoms with Crippen molar-refractivity contribution in [2.24, 2.45) is 11.3 Å². The van der Waals surface area contributed by atoms with Crippen molar-refractivity contribution in [2.45, 2.75) is 78.8 Å². The van der Waals surface area contributed by atoms with Gasteiger partial charge < -0.3 is 10.4 Å². The first kappa shape index (κ1) is 24.7. The van der Waals surface area contributed by atoms with Crippen LogP contribution in [0, 0.1) is 18.3 Å². The number of pyridine rings is 1. The van der Waals surface area contributed by atoms with E-state index in [0.29, 0.717) is 28.3 Å². The van der Waals surface area contributed by atoms with Crippen LogP contribution in [0.5, 0.6) is 0 Å². The second-order valence-electron chi connectivity index (χ2n) is 10.7. The Morgan fingerprint density at radius 2 is 1.73 bits per heavy atom. The molecular weight excluding hydrogens is 416 g/mol. The lowest BCUT2D eigenvalue weighted by molar-refractivity contribution is -0.141. The summed E-state index contributed by atoms with van der Waals surface area (Å²) in [6.07, 6.45) is 4.30. The third-order valence-electron chi connectivity index (χ3n) is 6.55. The number of amides is 1. The predicted octanol–water partition coefficient (Wildman–Crippen LogP) is 5.19. The second-order valence-corrected chi connectivity index (χ2v) is 10.7. The van der Waals surface area contributed by atoms with Gasteiger partial charge in [-0.15, -0.1) is 0 Å². The SMILES string of the molecule is Cc1c(C(=O)N[C@H]2CC[C@H](C)CC2)cc(=O)n(C(CC(C)(C)C)C(=O)O)c1-c1ccccc1. The summed E-state index contributed by atoms with van der Waals surface area (Å²) in [6.45, 7) is 9.89. The van der Waals surface area contributed by atoms with Crippen LogP contribution in [0.1, 0.15) is 81.8 Å². The summed E-state index contributed by atoms with van der Waals surface area (Å²) in [4.78, 5) is 38.9. The van der Waals surface area contributed by atoms with E-state index < -0.39 is 17.6 Å². The summed E-state index contributed by atoms with van der Waals surface area (Å²) < 4.78 is 1.36. The van der Waals surface area contributed by atoms with Crippen LogP contribution in [0.15, 0.2) is 41.2 Å². The van der Waals surface area contributed by atoms with Crippen LogP contribution in [-0.2, 0) is 4.79 Å². The van der Waals surface area contributed by atoms with E-state index in [2.05, 4.69) is 12.2 Å². The molecule has 3 rings (SSSR count). The predicted molar refractivity (Wildman–Crippen MR) is 131 cm³/mol. The van der Waals surface area contributed by atoms with Gasteiger partial charge in [0.1, 0.15) is 6.04 Å². The maximum absolute atomic E-state index is 13.4. The third-order valence-corrected chi connectivity index (χ3v) is 6.55. The lowest BCUT2D eigenvalue weighted by Crippen LogP contribution is -2.39. The van der Waals surface area contributed by atoms with E-state index >= 15 is 0 Å². The smallest absolute Gasteiger partial charge is 0.326 e. The van der Waals surface area contributed by atoms with Crippen LogP contribution in [0.2, 0.25) is 0 Å². The highest BCUT2D eigenvalue weighted by atomic mass is 16.4. The minimum Gasteiger partial charge on any atom is -0.480 e. The number of carboxylic acid groups (broad SMARTS) is 1. The van der Waals surface area contributed by atoms with Gasteiger partial charge in [-0.2, -0.15) is 0 Å². The standard InChI is InChI=1S/C27H36N2O4/c1-17-11-13-20(14-12-17)28-25(31)21-15-23(30)29(22(26(32)33)16-27(3,4)5)24(18(21)2)19-9-7-6-8-10-19/h6-10,15,17,20,22H,11-14,16H2,1-5H3,(H,28,31)(H,32,33)/t17-,20-,22?. The zero-order chi connectivity index (χ0) is 24.3. The van der Waals surface area contributed by atoms with Gasteiger partial charge in [0.2, 0.25) is 0 Å². The number of nitrogens with zero attached hydrogens (tertiary/aromatic N) is 1. The van der Waals surface area contributed by atoms with Crippen molar-refractivity contribution in [1.82, 2.24) is 9.88 Å². The van der Waals surface area contributed by atoms with Gasteiger partial charge in [-0.1, -0.05) is 58.0 Å². The normalized spacial score (nSPS) is 19.7. The zero-order valence-corrected chi connectivity index (χ0v) is 20.4. The molecule has 1 amide bonds. The Labute approximate surface area is 196 Å². The molecule has 1 aromatic carbocycles. The molecule has 1 heterocycles. The van der Waals surface area contributed by atoms with Gasteiger partial charge in [0, 0.05) is 17.7 Å². The summed E-state index contributed by atoms with van der Waals surface area (Å²) in [5.74, 6) is -0.655. The van der Waals surface area contributed by atoms with Gasteiger partial charge in [-0.3, -0.25) is 14.2 Å². The number of benzene rings is 1. The van der Waals surface area contributed by atoms with Crippen molar-refractivity contribution in [3.8, 4) is 11.3 Å². The van der Waals surface area contributed by atoms with Crippen molar-refractivity contribution in [2.75, 3.05) is 0 Å². The van der Waals surface area contributed by atoms with Gasteiger partial charge in [0.15, 0.2) is 0 Å². The third kappa shape index (κ3) is 5.92. The molecule has 1 aromatic heterocycles. The van der Waals surface area contributed by atoms with Crippen molar-refractivity contribution in [3.63, 3.8) is 0 Å². The Kier molecular flexibility index (Phi) is 7.45. The summed E-state index contributed by atoms with van der Waals surface area (Å²) in [5.41, 5.74) is 1.35. The highest BCUT2D eigenvalue weighted by molar-refractivity contribution is 5.97. The number of rotatable bonds is 6. The number of carbonyl (C=O) groups is 2. The number of hydrogen-bond donors (Lipinski definition) is 2. The lowest BCUT2D eigenvalue weighted by atomic mass is 9.87. The van der Waals surface area contributed by atoms with E-state index in [9.17, 15) is 19.5 Å². The average Bonchev–Trinajstić information content (AvgIpc) is 2.74. The first-order valence-electron chi connectivity index (χ1n) is 11.8. The maximum Gasteiger partial charge on any atom is 0.326 e. The molecule has 1 unspecified atom stereocenters. The highest BCUT2D eigenvalue weighted by Crippen LogP contribution is 2.33. The second kappa shape index (κ2) is 9.94. The molecule has 178 valence electrons. The lowest BCUT2D eigenvalue weighted by Gasteiger charge is -2.29. The summed E-state index contributed by atoms with van der Waals surface area (Å²) in [7, 11) is 0. The molecule has 0 aliphatic heterocycles.